The van der Waals surface area contributed by atoms with E-state index in [1.807, 2.05) is 30.3 Å². The number of carbonyl (C=O) groups excluding carboxylic acids is 2. The third-order valence-electron chi connectivity index (χ3n) is 4.31. The van der Waals surface area contributed by atoms with Crippen LogP contribution in [0.2, 0.25) is 0 Å². The first-order chi connectivity index (χ1) is 12.1. The monoisotopic (exact) mass is 339 g/mol. The molecule has 3 heterocycles. The minimum Gasteiger partial charge on any atom is -0.466 e. The molecule has 1 aromatic heterocycles. The maximum atomic E-state index is 12.1. The van der Waals surface area contributed by atoms with Crippen LogP contribution < -0.4 is 10.1 Å². The van der Waals surface area contributed by atoms with Gasteiger partial charge in [-0.2, -0.15) is 0 Å². The van der Waals surface area contributed by atoms with Gasteiger partial charge in [-0.25, -0.2) is 4.79 Å². The number of aromatic nitrogens is 1. The van der Waals surface area contributed by atoms with Gasteiger partial charge in [-0.05, 0) is 23.8 Å². The molecule has 7 nitrogen and oxygen atoms in total. The second kappa shape index (κ2) is 6.08. The van der Waals surface area contributed by atoms with Crippen LogP contribution in [0.5, 0.6) is 5.75 Å². The number of pyridine rings is 1. The van der Waals surface area contributed by atoms with E-state index in [1.165, 1.54) is 6.92 Å². The van der Waals surface area contributed by atoms with Gasteiger partial charge in [0.2, 0.25) is 12.1 Å². The standard InChI is InChI=1S/C18H17N3O4/c1-11(22)20-9-16-17-21(18(23)25-16)10-14-7-12(4-5-15(14)24-17)13-3-2-6-19-8-13/h2-8,16-17H,9-10H2,1H3,(H,20,22)/t16-,17-/m0/s1. The lowest BCUT2D eigenvalue weighted by atomic mass is 10.0. The fourth-order valence-corrected chi connectivity index (χ4v) is 3.09. The van der Waals surface area contributed by atoms with Gasteiger partial charge in [-0.15, -0.1) is 0 Å². The molecule has 0 aliphatic carbocycles. The molecule has 0 spiro atoms. The van der Waals surface area contributed by atoms with Crippen LogP contribution in [0.4, 0.5) is 4.79 Å². The Bertz CT molecular complexity index is 824. The maximum absolute atomic E-state index is 12.1. The predicted molar refractivity (Wildman–Crippen MR) is 88.6 cm³/mol. The average Bonchev–Trinajstić information content (AvgIpc) is 2.93. The quantitative estimate of drug-likeness (QED) is 0.924. The number of amides is 2. The van der Waals surface area contributed by atoms with Crippen molar-refractivity contribution in [2.45, 2.75) is 25.8 Å². The van der Waals surface area contributed by atoms with Crippen LogP contribution in [0.25, 0.3) is 11.1 Å². The summed E-state index contributed by atoms with van der Waals surface area (Å²) < 4.78 is 11.3. The molecule has 4 rings (SSSR count). The van der Waals surface area contributed by atoms with Crippen molar-refractivity contribution in [1.82, 2.24) is 15.2 Å². The van der Waals surface area contributed by atoms with Crippen LogP contribution in [0.15, 0.2) is 42.7 Å². The van der Waals surface area contributed by atoms with Gasteiger partial charge in [0, 0.05) is 30.4 Å². The van der Waals surface area contributed by atoms with Crippen LogP contribution in [0.3, 0.4) is 0 Å². The largest absolute Gasteiger partial charge is 0.466 e. The van der Waals surface area contributed by atoms with E-state index in [4.69, 9.17) is 9.47 Å². The Labute approximate surface area is 144 Å². The molecule has 0 radical (unpaired) electrons. The van der Waals surface area contributed by atoms with Gasteiger partial charge in [0.15, 0.2) is 6.10 Å². The Kier molecular flexibility index (Phi) is 3.76. The van der Waals surface area contributed by atoms with E-state index >= 15 is 0 Å². The molecule has 2 aliphatic rings. The summed E-state index contributed by atoms with van der Waals surface area (Å²) in [5.74, 6) is 0.548. The van der Waals surface area contributed by atoms with Crippen molar-refractivity contribution in [3.05, 3.63) is 48.3 Å². The highest BCUT2D eigenvalue weighted by Crippen LogP contribution is 2.36. The number of hydrogen-bond donors (Lipinski definition) is 1. The smallest absolute Gasteiger partial charge is 0.413 e. The Hall–Kier alpha value is -3.09. The average molecular weight is 339 g/mol. The number of nitrogens with zero attached hydrogens (tertiary/aromatic N) is 2. The topological polar surface area (TPSA) is 80.8 Å². The SMILES string of the molecule is CC(=O)NC[C@@H]1OC(=O)N2Cc3cc(-c4cccnc4)ccc3O[C@@H]12. The Morgan fingerprint density at radius 2 is 2.20 bits per heavy atom. The summed E-state index contributed by atoms with van der Waals surface area (Å²) >= 11 is 0. The highest BCUT2D eigenvalue weighted by Gasteiger charge is 2.46. The number of nitrogens with one attached hydrogen (secondary N) is 1. The molecule has 128 valence electrons. The number of carbonyl (C=O) groups is 2. The lowest BCUT2D eigenvalue weighted by Crippen LogP contribution is -2.47. The van der Waals surface area contributed by atoms with E-state index < -0.39 is 18.4 Å². The van der Waals surface area contributed by atoms with Gasteiger partial charge in [0.25, 0.3) is 0 Å². The molecule has 0 unspecified atom stereocenters. The number of rotatable bonds is 3. The van der Waals surface area contributed by atoms with Crippen molar-refractivity contribution in [2.24, 2.45) is 0 Å². The summed E-state index contributed by atoms with van der Waals surface area (Å²) in [4.78, 5) is 28.9. The summed E-state index contributed by atoms with van der Waals surface area (Å²) in [6.07, 6.45) is 2.03. The first-order valence-electron chi connectivity index (χ1n) is 8.03. The van der Waals surface area contributed by atoms with E-state index in [1.54, 1.807) is 17.3 Å². The van der Waals surface area contributed by atoms with Crippen molar-refractivity contribution in [3.8, 4) is 16.9 Å². The zero-order chi connectivity index (χ0) is 17.4. The van der Waals surface area contributed by atoms with Crippen molar-refractivity contribution in [2.75, 3.05) is 6.54 Å². The van der Waals surface area contributed by atoms with Crippen LogP contribution in [-0.4, -0.2) is 40.8 Å². The molecule has 2 atom stereocenters. The Morgan fingerprint density at radius 3 is 2.96 bits per heavy atom. The van der Waals surface area contributed by atoms with Crippen LogP contribution in [0, 0.1) is 0 Å². The molecule has 1 saturated heterocycles. The molecule has 7 heteroatoms. The van der Waals surface area contributed by atoms with Gasteiger partial charge in [0.1, 0.15) is 5.75 Å². The highest BCUT2D eigenvalue weighted by molar-refractivity contribution is 5.74. The molecular weight excluding hydrogens is 322 g/mol. The molecule has 2 aliphatic heterocycles. The molecular formula is C18H17N3O4. The molecule has 1 aromatic carbocycles. The summed E-state index contributed by atoms with van der Waals surface area (Å²) in [5, 5.41) is 2.67. The lowest BCUT2D eigenvalue weighted by molar-refractivity contribution is -0.119. The molecule has 2 aromatic rings. The summed E-state index contributed by atoms with van der Waals surface area (Å²) in [7, 11) is 0. The van der Waals surface area contributed by atoms with Gasteiger partial charge in [0.05, 0.1) is 13.1 Å². The minimum absolute atomic E-state index is 0.174. The Balaban J connectivity index is 1.59. The van der Waals surface area contributed by atoms with Gasteiger partial charge in [-0.3, -0.25) is 14.7 Å². The van der Waals surface area contributed by atoms with Crippen LogP contribution in [-0.2, 0) is 16.1 Å². The summed E-state index contributed by atoms with van der Waals surface area (Å²) in [5.41, 5.74) is 2.92. The van der Waals surface area contributed by atoms with Crippen LogP contribution >= 0.6 is 0 Å². The van der Waals surface area contributed by atoms with Gasteiger partial charge in [-0.1, -0.05) is 12.1 Å². The second-order valence-electron chi connectivity index (χ2n) is 6.06. The zero-order valence-electron chi connectivity index (χ0n) is 13.6. The van der Waals surface area contributed by atoms with Crippen molar-refractivity contribution in [3.63, 3.8) is 0 Å². The molecule has 25 heavy (non-hydrogen) atoms. The van der Waals surface area contributed by atoms with Crippen LogP contribution in [0.1, 0.15) is 12.5 Å². The molecule has 2 amide bonds. The maximum Gasteiger partial charge on any atom is 0.413 e. The number of fused-ring (bicyclic) bond motifs is 2. The number of hydrogen-bond acceptors (Lipinski definition) is 5. The minimum atomic E-state index is -0.531. The van der Waals surface area contributed by atoms with Gasteiger partial charge < -0.3 is 14.8 Å². The number of ether oxygens (including phenoxy) is 2. The third kappa shape index (κ3) is 2.88. The molecule has 1 N–H and O–H groups in total. The second-order valence-corrected chi connectivity index (χ2v) is 6.06. The first-order valence-corrected chi connectivity index (χ1v) is 8.03. The highest BCUT2D eigenvalue weighted by atomic mass is 16.6. The van der Waals surface area contributed by atoms with Crippen molar-refractivity contribution >= 4 is 12.0 Å². The van der Waals surface area contributed by atoms with E-state index in [2.05, 4.69) is 10.3 Å². The molecule has 1 fully saturated rings. The zero-order valence-corrected chi connectivity index (χ0v) is 13.6. The number of benzene rings is 1. The molecule has 0 saturated carbocycles. The Morgan fingerprint density at radius 1 is 1.32 bits per heavy atom. The third-order valence-corrected chi connectivity index (χ3v) is 4.31. The van der Waals surface area contributed by atoms with E-state index in [0.717, 1.165) is 22.4 Å². The fraction of sp³-hybridized carbons (Fsp3) is 0.278. The lowest BCUT2D eigenvalue weighted by Gasteiger charge is -2.31. The summed E-state index contributed by atoms with van der Waals surface area (Å²) in [6, 6.07) is 9.72. The fourth-order valence-electron chi connectivity index (χ4n) is 3.09. The summed E-state index contributed by atoms with van der Waals surface area (Å²) in [6.45, 7) is 2.06. The van der Waals surface area contributed by atoms with E-state index in [-0.39, 0.29) is 12.5 Å². The normalized spacial score (nSPS) is 21.0. The van der Waals surface area contributed by atoms with E-state index in [9.17, 15) is 9.59 Å². The molecule has 0 bridgehead atoms. The predicted octanol–water partition coefficient (Wildman–Crippen LogP) is 1.92. The van der Waals surface area contributed by atoms with Crippen molar-refractivity contribution in [1.29, 1.82) is 0 Å². The number of cyclic esters (lactones) is 1. The van der Waals surface area contributed by atoms with E-state index in [0.29, 0.717) is 6.54 Å². The van der Waals surface area contributed by atoms with Crippen molar-refractivity contribution < 1.29 is 19.1 Å². The first kappa shape index (κ1) is 15.4. The van der Waals surface area contributed by atoms with Gasteiger partial charge >= 0.3 is 6.09 Å².